The first kappa shape index (κ1) is 22.1. The van der Waals surface area contributed by atoms with Gasteiger partial charge in [0, 0.05) is 5.41 Å². The first-order chi connectivity index (χ1) is 15.1. The summed E-state index contributed by atoms with van der Waals surface area (Å²) < 4.78 is 0. The van der Waals surface area contributed by atoms with Crippen LogP contribution in [0, 0.1) is 35.0 Å². The van der Waals surface area contributed by atoms with E-state index < -0.39 is 0 Å². The van der Waals surface area contributed by atoms with E-state index >= 15 is 0 Å². The second-order valence-electron chi connectivity index (χ2n) is 10.4. The Morgan fingerprint density at radius 2 is 1.32 bits per heavy atom. The number of benzene rings is 2. The molecule has 2 aliphatic carbocycles. The molecule has 0 radical (unpaired) electrons. The van der Waals surface area contributed by atoms with Crippen LogP contribution in [-0.2, 0) is 5.41 Å². The molecule has 0 saturated heterocycles. The lowest BCUT2D eigenvalue weighted by Crippen LogP contribution is -2.37. The lowest BCUT2D eigenvalue weighted by atomic mass is 9.59. The van der Waals surface area contributed by atoms with Crippen molar-refractivity contribution in [1.29, 1.82) is 5.26 Å². The predicted molar refractivity (Wildman–Crippen MR) is 130 cm³/mol. The van der Waals surface area contributed by atoms with Crippen molar-refractivity contribution >= 4 is 0 Å². The third-order valence-corrected chi connectivity index (χ3v) is 8.83. The SMILES string of the molecule is CCCC1CCC(C2CCC(C(C)(c3ccccc3)c3ccc(C#N)cc3)CC2)CC1. The topological polar surface area (TPSA) is 23.8 Å². The van der Waals surface area contributed by atoms with Crippen molar-refractivity contribution in [3.05, 3.63) is 71.3 Å². The van der Waals surface area contributed by atoms with Crippen LogP contribution in [0.25, 0.3) is 0 Å². The van der Waals surface area contributed by atoms with Gasteiger partial charge in [-0.25, -0.2) is 0 Å². The largest absolute Gasteiger partial charge is 0.192 e. The highest BCUT2D eigenvalue weighted by Crippen LogP contribution is 2.49. The molecule has 164 valence electrons. The molecule has 2 fully saturated rings. The van der Waals surface area contributed by atoms with E-state index in [-0.39, 0.29) is 5.41 Å². The third-order valence-electron chi connectivity index (χ3n) is 8.83. The van der Waals surface area contributed by atoms with Crippen molar-refractivity contribution in [1.82, 2.24) is 0 Å². The Morgan fingerprint density at radius 3 is 1.87 bits per heavy atom. The maximum atomic E-state index is 9.25. The second-order valence-corrected chi connectivity index (χ2v) is 10.4. The Hall–Kier alpha value is -2.07. The summed E-state index contributed by atoms with van der Waals surface area (Å²) in [6, 6.07) is 21.8. The molecule has 0 N–H and O–H groups in total. The Labute approximate surface area is 189 Å². The normalized spacial score (nSPS) is 28.4. The maximum absolute atomic E-state index is 9.25. The zero-order valence-electron chi connectivity index (χ0n) is 19.5. The summed E-state index contributed by atoms with van der Waals surface area (Å²) >= 11 is 0. The molecule has 1 nitrogen and oxygen atoms in total. The highest BCUT2D eigenvalue weighted by molar-refractivity contribution is 5.42. The van der Waals surface area contributed by atoms with Gasteiger partial charge in [0.25, 0.3) is 0 Å². The van der Waals surface area contributed by atoms with E-state index in [1.54, 1.807) is 0 Å². The Balaban J connectivity index is 1.48. The van der Waals surface area contributed by atoms with Crippen LogP contribution in [0.4, 0.5) is 0 Å². The molecule has 0 bridgehead atoms. The zero-order valence-corrected chi connectivity index (χ0v) is 19.5. The molecule has 0 aromatic heterocycles. The number of nitriles is 1. The smallest absolute Gasteiger partial charge is 0.0991 e. The first-order valence-corrected chi connectivity index (χ1v) is 12.7. The molecule has 0 amide bonds. The quantitative estimate of drug-likeness (QED) is 0.467. The van der Waals surface area contributed by atoms with Crippen LogP contribution in [0.1, 0.15) is 94.7 Å². The molecule has 4 rings (SSSR count). The average molecular weight is 414 g/mol. The van der Waals surface area contributed by atoms with Gasteiger partial charge < -0.3 is 0 Å². The van der Waals surface area contributed by atoms with Crippen LogP contribution in [-0.4, -0.2) is 0 Å². The number of hydrogen-bond donors (Lipinski definition) is 0. The van der Waals surface area contributed by atoms with Gasteiger partial charge in [-0.3, -0.25) is 0 Å². The molecule has 1 unspecified atom stereocenters. The third kappa shape index (κ3) is 4.74. The molecule has 2 saturated carbocycles. The van der Waals surface area contributed by atoms with Crippen LogP contribution in [0.3, 0.4) is 0 Å². The van der Waals surface area contributed by atoms with Gasteiger partial charge >= 0.3 is 0 Å². The van der Waals surface area contributed by atoms with Gasteiger partial charge in [0.05, 0.1) is 11.6 Å². The molecule has 2 aliphatic rings. The molecular weight excluding hydrogens is 374 g/mol. The molecular formula is C30H39N. The molecule has 0 aliphatic heterocycles. The minimum absolute atomic E-state index is 0.0129. The molecule has 1 heteroatoms. The predicted octanol–water partition coefficient (Wildman–Crippen LogP) is 8.28. The maximum Gasteiger partial charge on any atom is 0.0991 e. The van der Waals surface area contributed by atoms with Gasteiger partial charge in [-0.2, -0.15) is 5.26 Å². The van der Waals surface area contributed by atoms with E-state index in [0.29, 0.717) is 5.92 Å². The van der Waals surface area contributed by atoms with E-state index in [0.717, 1.165) is 23.3 Å². The van der Waals surface area contributed by atoms with Gasteiger partial charge in [0.15, 0.2) is 0 Å². The minimum Gasteiger partial charge on any atom is -0.192 e. The monoisotopic (exact) mass is 413 g/mol. The highest BCUT2D eigenvalue weighted by atomic mass is 14.4. The standard InChI is InChI=1S/C30H39N/c1-3-7-23-10-14-25(15-11-23)26-16-20-29(21-17-26)30(2,27-8-5-4-6-9-27)28-18-12-24(22-31)13-19-28/h4-6,8-9,12-13,18-19,23,25-26,29H,3,7,10-11,14-17,20-21H2,1-2H3. The van der Waals surface area contributed by atoms with Crippen LogP contribution in [0.2, 0.25) is 0 Å². The summed E-state index contributed by atoms with van der Waals surface area (Å²) in [5.41, 5.74) is 3.55. The van der Waals surface area contributed by atoms with Gasteiger partial charge in [-0.15, -0.1) is 0 Å². The van der Waals surface area contributed by atoms with Crippen LogP contribution >= 0.6 is 0 Å². The van der Waals surface area contributed by atoms with E-state index in [4.69, 9.17) is 0 Å². The molecule has 2 aromatic rings. The van der Waals surface area contributed by atoms with Crippen molar-refractivity contribution in [2.45, 2.75) is 83.5 Å². The lowest BCUT2D eigenvalue weighted by Gasteiger charge is -2.45. The van der Waals surface area contributed by atoms with Gasteiger partial charge in [0.1, 0.15) is 0 Å². The lowest BCUT2D eigenvalue weighted by molar-refractivity contribution is 0.124. The fraction of sp³-hybridized carbons (Fsp3) is 0.567. The average Bonchev–Trinajstić information content (AvgIpc) is 2.85. The van der Waals surface area contributed by atoms with Crippen LogP contribution in [0.5, 0.6) is 0 Å². The zero-order chi connectivity index (χ0) is 21.7. The van der Waals surface area contributed by atoms with Gasteiger partial charge in [-0.1, -0.05) is 82.0 Å². The Kier molecular flexibility index (Phi) is 7.16. The van der Waals surface area contributed by atoms with Crippen molar-refractivity contribution in [2.24, 2.45) is 23.7 Å². The number of rotatable bonds is 6. The molecule has 0 heterocycles. The van der Waals surface area contributed by atoms with Gasteiger partial charge in [-0.05, 0) is 85.5 Å². The van der Waals surface area contributed by atoms with Crippen LogP contribution < -0.4 is 0 Å². The van der Waals surface area contributed by atoms with Crippen molar-refractivity contribution in [3.63, 3.8) is 0 Å². The first-order valence-electron chi connectivity index (χ1n) is 12.7. The summed E-state index contributed by atoms with van der Waals surface area (Å²) in [5.74, 6) is 3.60. The highest BCUT2D eigenvalue weighted by Gasteiger charge is 2.41. The van der Waals surface area contributed by atoms with Gasteiger partial charge in [0.2, 0.25) is 0 Å². The molecule has 31 heavy (non-hydrogen) atoms. The summed E-state index contributed by atoms with van der Waals surface area (Å²) in [4.78, 5) is 0. The second kappa shape index (κ2) is 10.0. The van der Waals surface area contributed by atoms with Crippen molar-refractivity contribution in [2.75, 3.05) is 0 Å². The molecule has 1 atom stereocenters. The minimum atomic E-state index is 0.0129. The van der Waals surface area contributed by atoms with E-state index in [9.17, 15) is 5.26 Å². The van der Waals surface area contributed by atoms with Crippen LogP contribution in [0.15, 0.2) is 54.6 Å². The van der Waals surface area contributed by atoms with E-state index in [2.05, 4.69) is 62.4 Å². The van der Waals surface area contributed by atoms with Crippen molar-refractivity contribution < 1.29 is 0 Å². The van der Waals surface area contributed by atoms with Crippen molar-refractivity contribution in [3.8, 4) is 6.07 Å². The summed E-state index contributed by atoms with van der Waals surface area (Å²) in [6.45, 7) is 4.79. The fourth-order valence-corrected chi connectivity index (χ4v) is 6.84. The summed E-state index contributed by atoms with van der Waals surface area (Å²) in [6.07, 6.45) is 14.1. The Morgan fingerprint density at radius 1 is 0.774 bits per heavy atom. The fourth-order valence-electron chi connectivity index (χ4n) is 6.84. The Bertz CT molecular complexity index is 846. The summed E-state index contributed by atoms with van der Waals surface area (Å²) in [5, 5.41) is 9.25. The van der Waals surface area contributed by atoms with E-state index in [1.165, 1.54) is 75.3 Å². The molecule has 2 aromatic carbocycles. The number of hydrogen-bond acceptors (Lipinski definition) is 1. The number of nitrogens with zero attached hydrogens (tertiary/aromatic N) is 1. The summed E-state index contributed by atoms with van der Waals surface area (Å²) in [7, 11) is 0. The van der Waals surface area contributed by atoms with E-state index in [1.807, 2.05) is 12.1 Å². The molecule has 0 spiro atoms.